The molecule has 142 valence electrons. The highest BCUT2D eigenvalue weighted by molar-refractivity contribution is 14.0. The summed E-state index contributed by atoms with van der Waals surface area (Å²) >= 11 is 3.60. The second-order valence-corrected chi connectivity index (χ2v) is 6.62. The summed E-state index contributed by atoms with van der Waals surface area (Å²) in [4.78, 5) is 10.8. The summed E-state index contributed by atoms with van der Waals surface area (Å²) in [7, 11) is 3.87. The van der Waals surface area contributed by atoms with Crippen molar-refractivity contribution in [2.45, 2.75) is 19.4 Å². The standard InChI is InChI=1S/C19H26BrN5.HI/c1-21-19(25(2)15-16-9-3-4-10-17(16)20)24-14-8-7-13-23-18-11-5-6-12-22-18;/h3-6,9-12H,7-8,13-15H2,1-2H3,(H,21,24)(H,22,23);1H. The van der Waals surface area contributed by atoms with Gasteiger partial charge in [0.25, 0.3) is 0 Å². The molecule has 0 aliphatic rings. The third kappa shape index (κ3) is 7.90. The maximum Gasteiger partial charge on any atom is 0.193 e. The maximum atomic E-state index is 4.37. The van der Waals surface area contributed by atoms with Crippen molar-refractivity contribution in [2.75, 3.05) is 32.5 Å². The van der Waals surface area contributed by atoms with E-state index in [4.69, 9.17) is 0 Å². The van der Waals surface area contributed by atoms with Crippen LogP contribution in [0.5, 0.6) is 0 Å². The number of benzene rings is 1. The molecule has 0 radical (unpaired) electrons. The number of nitrogens with one attached hydrogen (secondary N) is 2. The van der Waals surface area contributed by atoms with Gasteiger partial charge in [0.15, 0.2) is 5.96 Å². The number of rotatable bonds is 8. The van der Waals surface area contributed by atoms with Gasteiger partial charge in [-0.1, -0.05) is 40.2 Å². The highest BCUT2D eigenvalue weighted by Gasteiger charge is 2.08. The number of pyridine rings is 1. The SMILES string of the molecule is CN=C(NCCCCNc1ccccn1)N(C)Cc1ccccc1Br.I. The van der Waals surface area contributed by atoms with Crippen LogP contribution in [-0.2, 0) is 6.54 Å². The molecule has 5 nitrogen and oxygen atoms in total. The molecular formula is C19H27BrIN5. The lowest BCUT2D eigenvalue weighted by Gasteiger charge is -2.22. The number of aliphatic imine (C=N–C) groups is 1. The average molecular weight is 532 g/mol. The van der Waals surface area contributed by atoms with Crippen molar-refractivity contribution in [1.29, 1.82) is 0 Å². The van der Waals surface area contributed by atoms with E-state index >= 15 is 0 Å². The zero-order valence-electron chi connectivity index (χ0n) is 15.3. The van der Waals surface area contributed by atoms with Gasteiger partial charge < -0.3 is 15.5 Å². The van der Waals surface area contributed by atoms with Gasteiger partial charge in [0.1, 0.15) is 5.82 Å². The fourth-order valence-electron chi connectivity index (χ4n) is 2.48. The van der Waals surface area contributed by atoms with Gasteiger partial charge in [-0.3, -0.25) is 4.99 Å². The summed E-state index contributed by atoms with van der Waals surface area (Å²) in [5.41, 5.74) is 1.24. The van der Waals surface area contributed by atoms with E-state index in [9.17, 15) is 0 Å². The molecule has 0 saturated carbocycles. The Balaban J connectivity index is 0.00000338. The molecule has 0 spiro atoms. The van der Waals surface area contributed by atoms with Crippen molar-refractivity contribution in [3.05, 3.63) is 58.7 Å². The van der Waals surface area contributed by atoms with Crippen molar-refractivity contribution in [3.8, 4) is 0 Å². The minimum atomic E-state index is 0. The van der Waals surface area contributed by atoms with E-state index < -0.39 is 0 Å². The predicted octanol–water partition coefficient (Wildman–Crippen LogP) is 4.36. The van der Waals surface area contributed by atoms with Crippen LogP contribution in [0.2, 0.25) is 0 Å². The molecule has 1 aromatic heterocycles. The first-order chi connectivity index (χ1) is 12.2. The summed E-state index contributed by atoms with van der Waals surface area (Å²) in [5.74, 6) is 1.84. The van der Waals surface area contributed by atoms with Gasteiger partial charge >= 0.3 is 0 Å². The number of nitrogens with zero attached hydrogens (tertiary/aromatic N) is 3. The Labute approximate surface area is 181 Å². The second kappa shape index (κ2) is 12.9. The van der Waals surface area contributed by atoms with Crippen LogP contribution in [0.1, 0.15) is 18.4 Å². The molecule has 0 unspecified atom stereocenters. The molecule has 0 aliphatic heterocycles. The molecule has 0 atom stereocenters. The molecule has 0 fully saturated rings. The van der Waals surface area contributed by atoms with Crippen LogP contribution in [0, 0.1) is 0 Å². The number of guanidine groups is 1. The van der Waals surface area contributed by atoms with E-state index in [1.165, 1.54) is 5.56 Å². The highest BCUT2D eigenvalue weighted by Crippen LogP contribution is 2.17. The number of aromatic nitrogens is 1. The Morgan fingerprint density at radius 1 is 1.12 bits per heavy atom. The van der Waals surface area contributed by atoms with Crippen molar-refractivity contribution in [1.82, 2.24) is 15.2 Å². The molecule has 1 heterocycles. The summed E-state index contributed by atoms with van der Waals surface area (Å²) in [6, 6.07) is 14.2. The van der Waals surface area contributed by atoms with Crippen molar-refractivity contribution in [3.63, 3.8) is 0 Å². The van der Waals surface area contributed by atoms with Crippen LogP contribution in [0.15, 0.2) is 58.1 Å². The number of hydrogen-bond acceptors (Lipinski definition) is 3. The van der Waals surface area contributed by atoms with Crippen LogP contribution in [0.3, 0.4) is 0 Å². The van der Waals surface area contributed by atoms with Crippen LogP contribution in [0.4, 0.5) is 5.82 Å². The van der Waals surface area contributed by atoms with Gasteiger partial charge in [0.2, 0.25) is 0 Å². The Morgan fingerprint density at radius 3 is 2.54 bits per heavy atom. The molecule has 2 rings (SSSR count). The second-order valence-electron chi connectivity index (χ2n) is 5.77. The van der Waals surface area contributed by atoms with E-state index in [1.54, 1.807) is 6.20 Å². The fourth-order valence-corrected chi connectivity index (χ4v) is 2.89. The van der Waals surface area contributed by atoms with Gasteiger partial charge in [-0.2, -0.15) is 0 Å². The van der Waals surface area contributed by atoms with Crippen molar-refractivity contribution in [2.24, 2.45) is 4.99 Å². The third-order valence-corrected chi connectivity index (χ3v) is 4.57. The van der Waals surface area contributed by atoms with Gasteiger partial charge in [-0.25, -0.2) is 4.98 Å². The van der Waals surface area contributed by atoms with Gasteiger partial charge in [0.05, 0.1) is 0 Å². The normalized spacial score (nSPS) is 10.8. The first-order valence-electron chi connectivity index (χ1n) is 8.51. The number of anilines is 1. The topological polar surface area (TPSA) is 52.6 Å². The molecule has 0 bridgehead atoms. The summed E-state index contributed by atoms with van der Waals surface area (Å²) < 4.78 is 1.12. The maximum absolute atomic E-state index is 4.37. The van der Waals surface area contributed by atoms with Crippen LogP contribution in [-0.4, -0.2) is 43.0 Å². The average Bonchev–Trinajstić information content (AvgIpc) is 2.64. The van der Waals surface area contributed by atoms with Gasteiger partial charge in [0, 0.05) is 44.4 Å². The molecule has 2 aromatic rings. The Hall–Kier alpha value is -1.35. The Bertz CT molecular complexity index is 666. The Kier molecular flexibility index (Phi) is 11.3. The number of unbranched alkanes of at least 4 members (excludes halogenated alkanes) is 1. The first kappa shape index (κ1) is 22.7. The minimum Gasteiger partial charge on any atom is -0.370 e. The molecule has 0 amide bonds. The molecular weight excluding hydrogens is 505 g/mol. The molecule has 0 saturated heterocycles. The van der Waals surface area contributed by atoms with E-state index in [2.05, 4.69) is 66.7 Å². The van der Waals surface area contributed by atoms with Crippen molar-refractivity contribution < 1.29 is 0 Å². The Morgan fingerprint density at radius 2 is 1.85 bits per heavy atom. The molecule has 1 aromatic carbocycles. The predicted molar refractivity (Wildman–Crippen MR) is 124 cm³/mol. The zero-order chi connectivity index (χ0) is 17.9. The monoisotopic (exact) mass is 531 g/mol. The largest absolute Gasteiger partial charge is 0.370 e. The van der Waals surface area contributed by atoms with Crippen molar-refractivity contribution >= 4 is 51.7 Å². The molecule has 7 heteroatoms. The van der Waals surface area contributed by atoms with E-state index in [-0.39, 0.29) is 24.0 Å². The fraction of sp³-hybridized carbons (Fsp3) is 0.368. The smallest absolute Gasteiger partial charge is 0.193 e. The zero-order valence-corrected chi connectivity index (χ0v) is 19.2. The van der Waals surface area contributed by atoms with Crippen LogP contribution >= 0.6 is 39.9 Å². The van der Waals surface area contributed by atoms with Crippen LogP contribution < -0.4 is 10.6 Å². The van der Waals surface area contributed by atoms with Gasteiger partial charge in [-0.05, 0) is 36.6 Å². The lowest BCUT2D eigenvalue weighted by molar-refractivity contribution is 0.474. The molecule has 2 N–H and O–H groups in total. The lowest BCUT2D eigenvalue weighted by Crippen LogP contribution is -2.39. The van der Waals surface area contributed by atoms with Gasteiger partial charge in [-0.15, -0.1) is 24.0 Å². The van der Waals surface area contributed by atoms with E-state index in [0.717, 1.165) is 48.7 Å². The summed E-state index contributed by atoms with van der Waals surface area (Å²) in [6.45, 7) is 2.63. The quantitative estimate of drug-likeness (QED) is 0.230. The molecule has 0 aliphatic carbocycles. The van der Waals surface area contributed by atoms with E-state index in [1.807, 2.05) is 31.3 Å². The summed E-state index contributed by atoms with van der Waals surface area (Å²) in [6.07, 6.45) is 3.95. The highest BCUT2D eigenvalue weighted by atomic mass is 127. The third-order valence-electron chi connectivity index (χ3n) is 3.80. The van der Waals surface area contributed by atoms with E-state index in [0.29, 0.717) is 0 Å². The number of halogens is 2. The summed E-state index contributed by atoms with van der Waals surface area (Å²) in [5, 5.41) is 6.75. The molecule has 26 heavy (non-hydrogen) atoms. The first-order valence-corrected chi connectivity index (χ1v) is 9.30. The minimum absolute atomic E-state index is 0. The number of hydrogen-bond donors (Lipinski definition) is 2. The lowest BCUT2D eigenvalue weighted by atomic mass is 10.2. The van der Waals surface area contributed by atoms with Crippen LogP contribution in [0.25, 0.3) is 0 Å².